The van der Waals surface area contributed by atoms with Crippen LogP contribution >= 0.6 is 0 Å². The lowest BCUT2D eigenvalue weighted by Crippen LogP contribution is -2.33. The minimum atomic E-state index is -0.603. The number of nitrogens with one attached hydrogen (secondary N) is 2. The second kappa shape index (κ2) is 13.0. The molecule has 2 aliphatic rings. The number of carbonyl (C=O) groups excluding carboxylic acids is 1. The fourth-order valence-electron chi connectivity index (χ4n) is 4.68. The molecule has 0 saturated heterocycles. The van der Waals surface area contributed by atoms with Gasteiger partial charge in [0.1, 0.15) is 18.5 Å². The van der Waals surface area contributed by atoms with Crippen molar-refractivity contribution in [3.63, 3.8) is 0 Å². The van der Waals surface area contributed by atoms with Crippen LogP contribution in [0.2, 0.25) is 0 Å². The molecule has 3 aromatic rings. The zero-order chi connectivity index (χ0) is 26.2. The van der Waals surface area contributed by atoms with E-state index in [1.807, 2.05) is 36.7 Å². The number of hydrogen-bond acceptors (Lipinski definition) is 7. The molecule has 1 unspecified atom stereocenters. The van der Waals surface area contributed by atoms with E-state index in [0.29, 0.717) is 25.9 Å². The molecule has 1 aliphatic carbocycles. The number of imidazole rings is 1. The number of benzene rings is 2. The van der Waals surface area contributed by atoms with Crippen molar-refractivity contribution in [2.75, 3.05) is 32.9 Å². The van der Waals surface area contributed by atoms with E-state index in [2.05, 4.69) is 37.5 Å². The van der Waals surface area contributed by atoms with Gasteiger partial charge in [-0.3, -0.25) is 4.79 Å². The smallest absolute Gasteiger partial charge is 0.240 e. The van der Waals surface area contributed by atoms with Gasteiger partial charge in [0.05, 0.1) is 29.7 Å². The van der Waals surface area contributed by atoms with Gasteiger partial charge in [-0.25, -0.2) is 10.4 Å². The highest BCUT2D eigenvalue weighted by molar-refractivity contribution is 6.05. The largest absolute Gasteiger partial charge is 0.491 e. The molecule has 1 amide bonds. The van der Waals surface area contributed by atoms with Crippen molar-refractivity contribution in [2.45, 2.75) is 51.2 Å². The Balaban J connectivity index is 0.986. The second-order valence-corrected chi connectivity index (χ2v) is 10.2. The third-order valence-electron chi connectivity index (χ3n) is 7.25. The van der Waals surface area contributed by atoms with Gasteiger partial charge >= 0.3 is 0 Å². The van der Waals surface area contributed by atoms with Crippen LogP contribution in [0, 0.1) is 5.92 Å². The number of aliphatic hydroxyl groups is 1. The number of aromatic nitrogens is 2. The minimum Gasteiger partial charge on any atom is -0.491 e. The molecular weight excluding hydrogens is 482 g/mol. The van der Waals surface area contributed by atoms with E-state index in [0.717, 1.165) is 60.2 Å². The van der Waals surface area contributed by atoms with Crippen molar-refractivity contribution in [1.29, 1.82) is 0 Å². The number of hydrogen-bond donors (Lipinski definition) is 3. The number of amides is 1. The van der Waals surface area contributed by atoms with Crippen molar-refractivity contribution < 1.29 is 19.4 Å². The normalized spacial score (nSPS) is 16.7. The molecule has 9 nitrogen and oxygen atoms in total. The molecular formula is C29H37N5O4. The minimum absolute atomic E-state index is 0.0482. The fraction of sp³-hybridized carbons (Fsp3) is 0.483. The van der Waals surface area contributed by atoms with Crippen molar-refractivity contribution in [3.05, 3.63) is 59.9 Å². The third-order valence-corrected chi connectivity index (χ3v) is 7.25. The van der Waals surface area contributed by atoms with E-state index in [9.17, 15) is 9.90 Å². The van der Waals surface area contributed by atoms with Gasteiger partial charge in [0.2, 0.25) is 5.91 Å². The van der Waals surface area contributed by atoms with Gasteiger partial charge in [-0.1, -0.05) is 24.6 Å². The summed E-state index contributed by atoms with van der Waals surface area (Å²) in [5.41, 5.74) is 7.55. The lowest BCUT2D eigenvalue weighted by Gasteiger charge is -2.24. The number of rotatable bonds is 14. The van der Waals surface area contributed by atoms with Crippen LogP contribution in [-0.4, -0.2) is 65.3 Å². The lowest BCUT2D eigenvalue weighted by atomic mass is 9.86. The first kappa shape index (κ1) is 26.3. The first-order chi connectivity index (χ1) is 18.6. The Hall–Kier alpha value is -3.27. The number of ether oxygens (including phenoxy) is 2. The molecule has 5 rings (SSSR count). The van der Waals surface area contributed by atoms with E-state index < -0.39 is 6.10 Å². The van der Waals surface area contributed by atoms with Crippen LogP contribution in [0.3, 0.4) is 0 Å². The van der Waals surface area contributed by atoms with E-state index in [1.54, 1.807) is 0 Å². The molecule has 1 fully saturated rings. The molecule has 1 atom stereocenters. The second-order valence-electron chi connectivity index (χ2n) is 10.2. The quantitative estimate of drug-likeness (QED) is 0.283. The van der Waals surface area contributed by atoms with Crippen molar-refractivity contribution in [1.82, 2.24) is 20.3 Å². The van der Waals surface area contributed by atoms with Crippen molar-refractivity contribution in [3.8, 4) is 5.75 Å². The molecule has 0 spiro atoms. The Bertz CT molecular complexity index is 1240. The van der Waals surface area contributed by atoms with Crippen LogP contribution in [0.1, 0.15) is 43.2 Å². The summed E-state index contributed by atoms with van der Waals surface area (Å²) < 4.78 is 13.6. The SMILES string of the molecule is O=C1CCC(c2ccc3c(c2)ncn3CCNCC(O)COc2ccc(CCOCC3CCC3)cc2)=NN1. The Morgan fingerprint density at radius 2 is 2.03 bits per heavy atom. The van der Waals surface area contributed by atoms with Crippen LogP contribution in [0.5, 0.6) is 5.75 Å². The summed E-state index contributed by atoms with van der Waals surface area (Å²) in [6.07, 6.45) is 7.20. The highest BCUT2D eigenvalue weighted by atomic mass is 16.5. The number of hydrazone groups is 1. The molecule has 0 radical (unpaired) electrons. The van der Waals surface area contributed by atoms with Crippen LogP contribution in [0.25, 0.3) is 11.0 Å². The van der Waals surface area contributed by atoms with Gasteiger partial charge in [-0.2, -0.15) is 5.10 Å². The van der Waals surface area contributed by atoms with Gasteiger partial charge in [0.25, 0.3) is 0 Å². The molecule has 1 aliphatic heterocycles. The summed E-state index contributed by atoms with van der Waals surface area (Å²) in [6, 6.07) is 14.1. The van der Waals surface area contributed by atoms with Crippen LogP contribution in [-0.2, 0) is 22.5 Å². The summed E-state index contributed by atoms with van der Waals surface area (Å²) in [5.74, 6) is 1.49. The first-order valence-electron chi connectivity index (χ1n) is 13.6. The molecule has 1 saturated carbocycles. The average Bonchev–Trinajstić information content (AvgIpc) is 3.32. The number of carbonyl (C=O) groups is 1. The zero-order valence-corrected chi connectivity index (χ0v) is 21.8. The molecule has 38 heavy (non-hydrogen) atoms. The molecule has 202 valence electrons. The molecule has 2 heterocycles. The van der Waals surface area contributed by atoms with Crippen molar-refractivity contribution >= 4 is 22.7 Å². The third kappa shape index (κ3) is 7.18. The predicted molar refractivity (Wildman–Crippen MR) is 146 cm³/mol. The number of aliphatic hydroxyl groups excluding tert-OH is 1. The summed E-state index contributed by atoms with van der Waals surface area (Å²) in [6.45, 7) is 3.75. The molecule has 1 aromatic heterocycles. The maximum Gasteiger partial charge on any atom is 0.240 e. The molecule has 3 N–H and O–H groups in total. The van der Waals surface area contributed by atoms with Gasteiger partial charge in [-0.15, -0.1) is 0 Å². The maximum atomic E-state index is 11.3. The van der Waals surface area contributed by atoms with Crippen LogP contribution < -0.4 is 15.5 Å². The first-order valence-corrected chi connectivity index (χ1v) is 13.6. The van der Waals surface area contributed by atoms with Crippen LogP contribution in [0.4, 0.5) is 0 Å². The van der Waals surface area contributed by atoms with Gasteiger partial charge in [-0.05, 0) is 55.0 Å². The average molecular weight is 520 g/mol. The zero-order valence-electron chi connectivity index (χ0n) is 21.8. The van der Waals surface area contributed by atoms with Gasteiger partial charge in [0, 0.05) is 44.6 Å². The molecule has 2 aromatic carbocycles. The lowest BCUT2D eigenvalue weighted by molar-refractivity contribution is -0.121. The topological polar surface area (TPSA) is 110 Å². The van der Waals surface area contributed by atoms with Gasteiger partial charge < -0.3 is 24.5 Å². The molecule has 9 heteroatoms. The van der Waals surface area contributed by atoms with E-state index in [-0.39, 0.29) is 12.5 Å². The summed E-state index contributed by atoms with van der Waals surface area (Å²) >= 11 is 0. The Labute approximate surface area is 223 Å². The maximum absolute atomic E-state index is 11.3. The number of fused-ring (bicyclic) bond motifs is 1. The predicted octanol–water partition coefficient (Wildman–Crippen LogP) is 3.04. The standard InChI is InChI=1S/C29H37N5O4/c35-24(19-38-25-7-4-21(5-8-25)12-15-37-18-22-2-1-3-22)17-30-13-14-34-20-31-27-16-23(6-10-28(27)34)26-9-11-29(36)33-32-26/h4-8,10,16,20,22,24,30,35H,1-3,9,11-15,17-19H2,(H,33,36). The fourth-order valence-corrected chi connectivity index (χ4v) is 4.68. The Kier molecular flexibility index (Phi) is 9.01. The van der Waals surface area contributed by atoms with E-state index in [4.69, 9.17) is 9.47 Å². The van der Waals surface area contributed by atoms with E-state index >= 15 is 0 Å². The number of nitrogens with zero attached hydrogens (tertiary/aromatic N) is 3. The monoisotopic (exact) mass is 519 g/mol. The Morgan fingerprint density at radius 1 is 1.16 bits per heavy atom. The summed E-state index contributed by atoms with van der Waals surface area (Å²) in [4.78, 5) is 15.9. The highest BCUT2D eigenvalue weighted by Gasteiger charge is 2.17. The highest BCUT2D eigenvalue weighted by Crippen LogP contribution is 2.26. The summed E-state index contributed by atoms with van der Waals surface area (Å²) in [5, 5.41) is 17.8. The summed E-state index contributed by atoms with van der Waals surface area (Å²) in [7, 11) is 0. The van der Waals surface area contributed by atoms with Crippen molar-refractivity contribution in [2.24, 2.45) is 11.0 Å². The van der Waals surface area contributed by atoms with Gasteiger partial charge in [0.15, 0.2) is 0 Å². The Morgan fingerprint density at radius 3 is 2.79 bits per heavy atom. The van der Waals surface area contributed by atoms with Crippen LogP contribution in [0.15, 0.2) is 53.9 Å². The molecule has 0 bridgehead atoms. The van der Waals surface area contributed by atoms with E-state index in [1.165, 1.54) is 24.8 Å².